The molecule has 0 aliphatic heterocycles. The number of anilines is 1. The Morgan fingerprint density at radius 2 is 2.16 bits per heavy atom. The third kappa shape index (κ3) is 3.06. The van der Waals surface area contributed by atoms with Crippen LogP contribution < -0.4 is 4.90 Å². The van der Waals surface area contributed by atoms with Crippen molar-refractivity contribution in [1.29, 1.82) is 0 Å². The maximum Gasteiger partial charge on any atom is 0.346 e. The van der Waals surface area contributed by atoms with Crippen LogP contribution in [0.5, 0.6) is 5.75 Å². The Kier molecular flexibility index (Phi) is 4.06. The maximum absolute atomic E-state index is 11.1. The molecule has 0 fully saturated rings. The third-order valence-corrected chi connectivity index (χ3v) is 3.82. The predicted octanol–water partition coefficient (Wildman–Crippen LogP) is 3.18. The summed E-state index contributed by atoms with van der Waals surface area (Å²) in [4.78, 5) is 13.5. The van der Waals surface area contributed by atoms with Gasteiger partial charge in [-0.25, -0.2) is 4.79 Å². The van der Waals surface area contributed by atoms with Crippen LogP contribution in [-0.4, -0.2) is 22.7 Å². The van der Waals surface area contributed by atoms with E-state index in [9.17, 15) is 9.90 Å². The Hall–Kier alpha value is -2.01. The number of hydrogen-bond donors (Lipinski definition) is 2. The number of nitrogens with zero attached hydrogens (tertiary/aromatic N) is 1. The lowest BCUT2D eigenvalue weighted by Gasteiger charge is -2.23. The van der Waals surface area contributed by atoms with E-state index in [0.717, 1.165) is 17.8 Å². The summed E-state index contributed by atoms with van der Waals surface area (Å²) in [5, 5.41) is 20.4. The molecular weight excluding hydrogens is 262 g/mol. The fraction of sp³-hybridized carbons (Fsp3) is 0.214. The molecule has 2 rings (SSSR count). The molecule has 0 aliphatic carbocycles. The topological polar surface area (TPSA) is 60.8 Å². The molecule has 19 heavy (non-hydrogen) atoms. The number of hydrogen-bond acceptors (Lipinski definition) is 4. The average Bonchev–Trinajstić information content (AvgIpc) is 2.84. The Morgan fingerprint density at radius 3 is 2.79 bits per heavy atom. The number of carboxylic acid groups (broad SMARTS) is 1. The lowest BCUT2D eigenvalue weighted by atomic mass is 10.2. The summed E-state index contributed by atoms with van der Waals surface area (Å²) >= 11 is 1.23. The highest BCUT2D eigenvalue weighted by Crippen LogP contribution is 2.24. The van der Waals surface area contributed by atoms with E-state index < -0.39 is 5.97 Å². The molecule has 0 atom stereocenters. The van der Waals surface area contributed by atoms with Crippen LogP contribution in [0.4, 0.5) is 5.69 Å². The number of carboxylic acids is 1. The van der Waals surface area contributed by atoms with E-state index >= 15 is 0 Å². The summed E-state index contributed by atoms with van der Waals surface area (Å²) in [7, 11) is 0. The second-order valence-electron chi connectivity index (χ2n) is 4.11. The van der Waals surface area contributed by atoms with Gasteiger partial charge >= 0.3 is 5.97 Å². The van der Waals surface area contributed by atoms with E-state index in [1.54, 1.807) is 23.6 Å². The summed E-state index contributed by atoms with van der Waals surface area (Å²) in [5.74, 6) is -0.684. The van der Waals surface area contributed by atoms with Crippen molar-refractivity contribution < 1.29 is 15.0 Å². The van der Waals surface area contributed by atoms with E-state index in [1.807, 2.05) is 24.0 Å². The highest BCUT2D eigenvalue weighted by molar-refractivity contribution is 7.12. The Morgan fingerprint density at radius 1 is 1.37 bits per heavy atom. The van der Waals surface area contributed by atoms with Crippen LogP contribution in [0, 0.1) is 0 Å². The number of phenolic OH excluding ortho intramolecular Hbond substituents is 1. The van der Waals surface area contributed by atoms with Crippen LogP contribution in [0.2, 0.25) is 0 Å². The number of benzene rings is 1. The van der Waals surface area contributed by atoms with Crippen LogP contribution in [-0.2, 0) is 6.54 Å². The Balaban J connectivity index is 2.24. The standard InChI is InChI=1S/C14H15NO3S/c1-2-15(11-4-3-5-12(16)8-11)9-10-6-7-19-13(10)14(17)18/h3-8,16H,2,9H2,1H3,(H,17,18). The minimum atomic E-state index is -0.892. The summed E-state index contributed by atoms with van der Waals surface area (Å²) in [5.41, 5.74) is 1.67. The van der Waals surface area contributed by atoms with Gasteiger partial charge in [-0.1, -0.05) is 6.07 Å². The zero-order valence-corrected chi connectivity index (χ0v) is 11.4. The second-order valence-corrected chi connectivity index (χ2v) is 5.03. The van der Waals surface area contributed by atoms with Crippen molar-refractivity contribution in [3.8, 4) is 5.75 Å². The molecule has 1 heterocycles. The van der Waals surface area contributed by atoms with Crippen LogP contribution >= 0.6 is 11.3 Å². The molecule has 5 heteroatoms. The van der Waals surface area contributed by atoms with Crippen LogP contribution in [0.25, 0.3) is 0 Å². The molecule has 1 aromatic heterocycles. The van der Waals surface area contributed by atoms with Gasteiger partial charge in [0.25, 0.3) is 0 Å². The van der Waals surface area contributed by atoms with E-state index in [2.05, 4.69) is 0 Å². The van der Waals surface area contributed by atoms with Gasteiger partial charge in [0.15, 0.2) is 0 Å². The summed E-state index contributed by atoms with van der Waals surface area (Å²) in [6, 6.07) is 8.80. The van der Waals surface area contributed by atoms with Crippen LogP contribution in [0.1, 0.15) is 22.2 Å². The molecule has 2 aromatic rings. The smallest absolute Gasteiger partial charge is 0.346 e. The van der Waals surface area contributed by atoms with Crippen molar-refractivity contribution in [1.82, 2.24) is 0 Å². The molecule has 0 unspecified atom stereocenters. The van der Waals surface area contributed by atoms with Gasteiger partial charge < -0.3 is 15.1 Å². The van der Waals surface area contributed by atoms with Gasteiger partial charge in [0.05, 0.1) is 0 Å². The molecule has 0 aliphatic rings. The summed E-state index contributed by atoms with van der Waals surface area (Å²) in [6.45, 7) is 3.25. The highest BCUT2D eigenvalue weighted by Gasteiger charge is 2.14. The predicted molar refractivity (Wildman–Crippen MR) is 76.1 cm³/mol. The van der Waals surface area contributed by atoms with Crippen LogP contribution in [0.15, 0.2) is 35.7 Å². The van der Waals surface area contributed by atoms with Gasteiger partial charge in [0, 0.05) is 24.8 Å². The SMILES string of the molecule is CCN(Cc1ccsc1C(=O)O)c1cccc(O)c1. The first-order chi connectivity index (χ1) is 9.11. The molecular formula is C14H15NO3S. The van der Waals surface area contributed by atoms with Crippen molar-refractivity contribution >= 4 is 23.0 Å². The fourth-order valence-corrected chi connectivity index (χ4v) is 2.68. The van der Waals surface area contributed by atoms with Crippen molar-refractivity contribution in [2.75, 3.05) is 11.4 Å². The molecule has 2 N–H and O–H groups in total. The summed E-state index contributed by atoms with van der Waals surface area (Å²) in [6.07, 6.45) is 0. The molecule has 0 radical (unpaired) electrons. The van der Waals surface area contributed by atoms with Crippen molar-refractivity contribution in [2.45, 2.75) is 13.5 Å². The quantitative estimate of drug-likeness (QED) is 0.881. The molecule has 0 bridgehead atoms. The molecule has 0 amide bonds. The van der Waals surface area contributed by atoms with Crippen LogP contribution in [0.3, 0.4) is 0 Å². The fourth-order valence-electron chi connectivity index (χ4n) is 1.93. The summed E-state index contributed by atoms with van der Waals surface area (Å²) < 4.78 is 0. The van der Waals surface area contributed by atoms with Gasteiger partial charge in [-0.2, -0.15) is 0 Å². The van der Waals surface area contributed by atoms with E-state index in [1.165, 1.54) is 11.3 Å². The second kappa shape index (κ2) is 5.75. The lowest BCUT2D eigenvalue weighted by Crippen LogP contribution is -2.22. The lowest BCUT2D eigenvalue weighted by molar-refractivity contribution is 0.0701. The van der Waals surface area contributed by atoms with Gasteiger partial charge in [-0.3, -0.25) is 0 Å². The van der Waals surface area contributed by atoms with Gasteiger partial charge in [0.2, 0.25) is 0 Å². The van der Waals surface area contributed by atoms with Crippen molar-refractivity contribution in [3.63, 3.8) is 0 Å². The Labute approximate surface area is 115 Å². The van der Waals surface area contributed by atoms with E-state index in [0.29, 0.717) is 11.4 Å². The highest BCUT2D eigenvalue weighted by atomic mass is 32.1. The van der Waals surface area contributed by atoms with Gasteiger partial charge in [-0.15, -0.1) is 11.3 Å². The molecule has 1 aromatic carbocycles. The van der Waals surface area contributed by atoms with Crippen molar-refractivity contribution in [3.05, 3.63) is 46.2 Å². The third-order valence-electron chi connectivity index (χ3n) is 2.88. The Bertz CT molecular complexity index is 580. The first-order valence-electron chi connectivity index (χ1n) is 5.95. The molecule has 0 spiro atoms. The monoisotopic (exact) mass is 277 g/mol. The number of rotatable bonds is 5. The largest absolute Gasteiger partial charge is 0.508 e. The zero-order chi connectivity index (χ0) is 13.8. The number of phenols is 1. The number of aromatic carboxylic acids is 1. The first-order valence-corrected chi connectivity index (χ1v) is 6.83. The van der Waals surface area contributed by atoms with Gasteiger partial charge in [-0.05, 0) is 36.1 Å². The minimum absolute atomic E-state index is 0.208. The van der Waals surface area contributed by atoms with Gasteiger partial charge in [0.1, 0.15) is 10.6 Å². The average molecular weight is 277 g/mol. The normalized spacial score (nSPS) is 10.4. The molecule has 100 valence electrons. The molecule has 4 nitrogen and oxygen atoms in total. The maximum atomic E-state index is 11.1. The zero-order valence-electron chi connectivity index (χ0n) is 10.5. The number of thiophene rings is 1. The minimum Gasteiger partial charge on any atom is -0.508 e. The van der Waals surface area contributed by atoms with E-state index in [4.69, 9.17) is 5.11 Å². The molecule has 0 saturated heterocycles. The van der Waals surface area contributed by atoms with E-state index in [-0.39, 0.29) is 5.75 Å². The number of carbonyl (C=O) groups is 1. The van der Waals surface area contributed by atoms with Crippen molar-refractivity contribution in [2.24, 2.45) is 0 Å². The number of aromatic hydroxyl groups is 1. The first kappa shape index (κ1) is 13.4. The molecule has 0 saturated carbocycles.